The summed E-state index contributed by atoms with van der Waals surface area (Å²) in [4.78, 5) is 6.58. The Kier molecular flexibility index (Phi) is 5.15. The Morgan fingerprint density at radius 1 is 1.35 bits per heavy atom. The van der Waals surface area contributed by atoms with E-state index in [2.05, 4.69) is 66.6 Å². The lowest BCUT2D eigenvalue weighted by Crippen LogP contribution is -2.22. The first-order valence-corrected chi connectivity index (χ1v) is 7.91. The zero-order chi connectivity index (χ0) is 14.5. The van der Waals surface area contributed by atoms with Crippen molar-refractivity contribution >= 4 is 17.0 Å². The standard InChI is InChI=1S/C16H23N3S/c1-12(2)17-8-14-5-6-16(7-13(14)3)19(4)9-15-10-20-11-18-15/h5-7,10-12,17H,8-9H2,1-4H3. The molecule has 0 saturated heterocycles. The lowest BCUT2D eigenvalue weighted by Gasteiger charge is -2.20. The number of aryl methyl sites for hydroxylation is 1. The number of thiazole rings is 1. The average molecular weight is 289 g/mol. The van der Waals surface area contributed by atoms with E-state index in [9.17, 15) is 0 Å². The van der Waals surface area contributed by atoms with Gasteiger partial charge in [-0.05, 0) is 30.2 Å². The van der Waals surface area contributed by atoms with E-state index in [4.69, 9.17) is 0 Å². The number of anilines is 1. The Balaban J connectivity index is 2.04. The molecule has 0 aliphatic rings. The highest BCUT2D eigenvalue weighted by Gasteiger charge is 2.06. The zero-order valence-corrected chi connectivity index (χ0v) is 13.5. The van der Waals surface area contributed by atoms with E-state index in [0.717, 1.165) is 18.8 Å². The lowest BCUT2D eigenvalue weighted by molar-refractivity contribution is 0.587. The molecule has 20 heavy (non-hydrogen) atoms. The number of rotatable bonds is 6. The summed E-state index contributed by atoms with van der Waals surface area (Å²) in [7, 11) is 2.11. The van der Waals surface area contributed by atoms with Gasteiger partial charge in [0.15, 0.2) is 0 Å². The van der Waals surface area contributed by atoms with Crippen LogP contribution in [0.5, 0.6) is 0 Å². The summed E-state index contributed by atoms with van der Waals surface area (Å²) in [6.45, 7) is 8.31. The number of nitrogens with one attached hydrogen (secondary N) is 1. The highest BCUT2D eigenvalue weighted by molar-refractivity contribution is 7.07. The fraction of sp³-hybridized carbons (Fsp3) is 0.438. The van der Waals surface area contributed by atoms with Crippen LogP contribution >= 0.6 is 11.3 Å². The molecular formula is C16H23N3S. The largest absolute Gasteiger partial charge is 0.369 e. The Labute approximate surface area is 125 Å². The summed E-state index contributed by atoms with van der Waals surface area (Å²) in [5, 5.41) is 5.57. The first-order valence-electron chi connectivity index (χ1n) is 6.97. The molecule has 1 N–H and O–H groups in total. The zero-order valence-electron chi connectivity index (χ0n) is 12.7. The molecule has 0 bridgehead atoms. The van der Waals surface area contributed by atoms with Gasteiger partial charge in [0, 0.05) is 30.7 Å². The van der Waals surface area contributed by atoms with E-state index in [1.165, 1.54) is 16.8 Å². The minimum atomic E-state index is 0.515. The molecular weight excluding hydrogens is 266 g/mol. The van der Waals surface area contributed by atoms with Crippen LogP contribution in [-0.2, 0) is 13.1 Å². The molecule has 0 saturated carbocycles. The summed E-state index contributed by atoms with van der Waals surface area (Å²) in [5.41, 5.74) is 6.95. The van der Waals surface area contributed by atoms with Crippen molar-refractivity contribution in [2.75, 3.05) is 11.9 Å². The third kappa shape index (κ3) is 4.05. The van der Waals surface area contributed by atoms with Crippen LogP contribution in [0.2, 0.25) is 0 Å². The molecule has 0 atom stereocenters. The molecule has 0 radical (unpaired) electrons. The maximum atomic E-state index is 4.34. The van der Waals surface area contributed by atoms with Crippen molar-refractivity contribution < 1.29 is 0 Å². The van der Waals surface area contributed by atoms with Crippen molar-refractivity contribution in [3.05, 3.63) is 45.9 Å². The Morgan fingerprint density at radius 3 is 2.75 bits per heavy atom. The number of hydrogen-bond donors (Lipinski definition) is 1. The minimum absolute atomic E-state index is 0.515. The summed E-state index contributed by atoms with van der Waals surface area (Å²) in [6.07, 6.45) is 0. The number of aromatic nitrogens is 1. The monoisotopic (exact) mass is 289 g/mol. The molecule has 0 fully saturated rings. The molecule has 0 aliphatic carbocycles. The van der Waals surface area contributed by atoms with E-state index in [1.807, 2.05) is 5.51 Å². The van der Waals surface area contributed by atoms with Gasteiger partial charge in [0.05, 0.1) is 17.7 Å². The van der Waals surface area contributed by atoms with Gasteiger partial charge in [-0.2, -0.15) is 0 Å². The molecule has 1 heterocycles. The van der Waals surface area contributed by atoms with Gasteiger partial charge < -0.3 is 10.2 Å². The van der Waals surface area contributed by atoms with Crippen molar-refractivity contribution in [3.8, 4) is 0 Å². The summed E-state index contributed by atoms with van der Waals surface area (Å²) in [5.74, 6) is 0. The normalized spacial score (nSPS) is 11.1. The summed E-state index contributed by atoms with van der Waals surface area (Å²) >= 11 is 1.65. The van der Waals surface area contributed by atoms with Gasteiger partial charge in [0.25, 0.3) is 0 Å². The van der Waals surface area contributed by atoms with Crippen LogP contribution in [0, 0.1) is 6.92 Å². The highest BCUT2D eigenvalue weighted by atomic mass is 32.1. The van der Waals surface area contributed by atoms with Gasteiger partial charge in [0.1, 0.15) is 0 Å². The van der Waals surface area contributed by atoms with E-state index < -0.39 is 0 Å². The van der Waals surface area contributed by atoms with E-state index in [-0.39, 0.29) is 0 Å². The molecule has 0 amide bonds. The van der Waals surface area contributed by atoms with Crippen molar-refractivity contribution in [3.63, 3.8) is 0 Å². The third-order valence-electron chi connectivity index (χ3n) is 3.35. The van der Waals surface area contributed by atoms with Crippen LogP contribution < -0.4 is 10.2 Å². The van der Waals surface area contributed by atoms with Gasteiger partial charge in [-0.15, -0.1) is 11.3 Å². The maximum absolute atomic E-state index is 4.34. The van der Waals surface area contributed by atoms with Crippen molar-refractivity contribution in [2.45, 2.75) is 39.9 Å². The van der Waals surface area contributed by atoms with Crippen LogP contribution in [0.1, 0.15) is 30.7 Å². The van der Waals surface area contributed by atoms with Gasteiger partial charge in [-0.25, -0.2) is 4.98 Å². The smallest absolute Gasteiger partial charge is 0.0795 e. The number of nitrogens with zero attached hydrogens (tertiary/aromatic N) is 2. The summed E-state index contributed by atoms with van der Waals surface area (Å²) < 4.78 is 0. The summed E-state index contributed by atoms with van der Waals surface area (Å²) in [6, 6.07) is 7.18. The molecule has 0 unspecified atom stereocenters. The molecule has 4 heteroatoms. The predicted octanol–water partition coefficient (Wildman–Crippen LogP) is 3.59. The molecule has 1 aromatic heterocycles. The second-order valence-electron chi connectivity index (χ2n) is 5.48. The Bertz CT molecular complexity index is 535. The molecule has 0 spiro atoms. The van der Waals surface area contributed by atoms with Gasteiger partial charge in [-0.1, -0.05) is 19.9 Å². The maximum Gasteiger partial charge on any atom is 0.0795 e. The second-order valence-corrected chi connectivity index (χ2v) is 6.20. The fourth-order valence-corrected chi connectivity index (χ4v) is 2.63. The molecule has 0 aliphatic heterocycles. The average Bonchev–Trinajstić information content (AvgIpc) is 2.89. The minimum Gasteiger partial charge on any atom is -0.369 e. The number of hydrogen-bond acceptors (Lipinski definition) is 4. The molecule has 3 nitrogen and oxygen atoms in total. The van der Waals surface area contributed by atoms with Crippen LogP contribution in [0.25, 0.3) is 0 Å². The SMILES string of the molecule is Cc1cc(N(C)Cc2cscn2)ccc1CNC(C)C. The Hall–Kier alpha value is -1.39. The molecule has 108 valence electrons. The van der Waals surface area contributed by atoms with Gasteiger partial charge in [-0.3, -0.25) is 0 Å². The van der Waals surface area contributed by atoms with E-state index in [0.29, 0.717) is 6.04 Å². The van der Waals surface area contributed by atoms with Crippen LogP contribution in [-0.4, -0.2) is 18.1 Å². The van der Waals surface area contributed by atoms with Crippen LogP contribution in [0.4, 0.5) is 5.69 Å². The lowest BCUT2D eigenvalue weighted by atomic mass is 10.1. The van der Waals surface area contributed by atoms with Crippen molar-refractivity contribution in [1.82, 2.24) is 10.3 Å². The Morgan fingerprint density at radius 2 is 2.15 bits per heavy atom. The second kappa shape index (κ2) is 6.86. The molecule has 1 aromatic carbocycles. The van der Waals surface area contributed by atoms with Gasteiger partial charge >= 0.3 is 0 Å². The van der Waals surface area contributed by atoms with Crippen molar-refractivity contribution in [1.29, 1.82) is 0 Å². The van der Waals surface area contributed by atoms with E-state index in [1.54, 1.807) is 11.3 Å². The first kappa shape index (κ1) is 15.0. The molecule has 2 aromatic rings. The van der Waals surface area contributed by atoms with Crippen LogP contribution in [0.15, 0.2) is 29.1 Å². The van der Waals surface area contributed by atoms with Crippen molar-refractivity contribution in [2.24, 2.45) is 0 Å². The van der Waals surface area contributed by atoms with E-state index >= 15 is 0 Å². The van der Waals surface area contributed by atoms with Crippen LogP contribution in [0.3, 0.4) is 0 Å². The molecule has 2 rings (SSSR count). The highest BCUT2D eigenvalue weighted by Crippen LogP contribution is 2.20. The third-order valence-corrected chi connectivity index (χ3v) is 3.99. The van der Waals surface area contributed by atoms with Gasteiger partial charge in [0.2, 0.25) is 0 Å². The predicted molar refractivity (Wildman–Crippen MR) is 87.4 cm³/mol. The fourth-order valence-electron chi connectivity index (χ4n) is 2.08. The first-order chi connectivity index (χ1) is 9.56. The topological polar surface area (TPSA) is 28.2 Å². The quantitative estimate of drug-likeness (QED) is 0.881. The number of benzene rings is 1.